The molecule has 1 aromatic carbocycles. The number of esters is 1. The van der Waals surface area contributed by atoms with E-state index in [9.17, 15) is 9.18 Å². The molecular weight excluding hydrogens is 197 g/mol. The molecule has 0 N–H and O–H groups in total. The van der Waals surface area contributed by atoms with Crippen LogP contribution in [0.2, 0.25) is 0 Å². The first-order valence-electron chi connectivity index (χ1n) is 4.47. The lowest BCUT2D eigenvalue weighted by Crippen LogP contribution is -2.37. The number of benzene rings is 1. The van der Waals surface area contributed by atoms with Crippen LogP contribution in [0.3, 0.4) is 0 Å². The van der Waals surface area contributed by atoms with E-state index in [2.05, 4.69) is 0 Å². The number of fused-ring (bicyclic) bond motifs is 1. The summed E-state index contributed by atoms with van der Waals surface area (Å²) in [5, 5.41) is 8.85. The van der Waals surface area contributed by atoms with Gasteiger partial charge in [-0.15, -0.1) is 0 Å². The van der Waals surface area contributed by atoms with Crippen molar-refractivity contribution in [1.29, 1.82) is 5.26 Å². The average Bonchev–Trinajstić information content (AvgIpc) is 2.20. The second-order valence-corrected chi connectivity index (χ2v) is 3.71. The third-order valence-corrected chi connectivity index (χ3v) is 2.37. The summed E-state index contributed by atoms with van der Waals surface area (Å²) >= 11 is 0. The molecule has 4 heteroatoms. The molecule has 2 rings (SSSR count). The minimum atomic E-state index is -1.14. The van der Waals surface area contributed by atoms with E-state index < -0.39 is 17.4 Å². The molecule has 1 aliphatic rings. The van der Waals surface area contributed by atoms with Crippen LogP contribution in [-0.4, -0.2) is 11.6 Å². The smallest absolute Gasteiger partial charge is 0.340 e. The maximum Gasteiger partial charge on any atom is 0.340 e. The van der Waals surface area contributed by atoms with Gasteiger partial charge in [0.2, 0.25) is 0 Å². The fourth-order valence-corrected chi connectivity index (χ4v) is 1.61. The Morgan fingerprint density at radius 3 is 3.00 bits per heavy atom. The van der Waals surface area contributed by atoms with Crippen LogP contribution in [0.15, 0.2) is 18.2 Å². The van der Waals surface area contributed by atoms with Gasteiger partial charge in [-0.3, -0.25) is 0 Å². The summed E-state index contributed by atoms with van der Waals surface area (Å²) in [6.07, 6.45) is 0.296. The van der Waals surface area contributed by atoms with E-state index in [1.807, 2.05) is 6.07 Å². The number of carbonyl (C=O) groups excluding carboxylic acids is 1. The number of rotatable bonds is 0. The number of cyclic esters (lactones) is 1. The van der Waals surface area contributed by atoms with Gasteiger partial charge in [-0.25, -0.2) is 9.18 Å². The summed E-state index contributed by atoms with van der Waals surface area (Å²) in [5.41, 5.74) is -0.276. The quantitative estimate of drug-likeness (QED) is 0.607. The minimum Gasteiger partial charge on any atom is -0.440 e. The number of hydrogen-bond acceptors (Lipinski definition) is 3. The summed E-state index contributed by atoms with van der Waals surface area (Å²) < 4.78 is 17.8. The van der Waals surface area contributed by atoms with Crippen LogP contribution in [0.25, 0.3) is 0 Å². The van der Waals surface area contributed by atoms with Crippen molar-refractivity contribution in [2.75, 3.05) is 0 Å². The minimum absolute atomic E-state index is 0.211. The standard InChI is InChI=1S/C11H8FNO2/c1-11(6-13)5-7-2-3-8(12)4-9(7)10(14)15-11/h2-4H,5H2,1H3. The molecular formula is C11H8FNO2. The second kappa shape index (κ2) is 3.06. The van der Waals surface area contributed by atoms with Crippen LogP contribution in [0.1, 0.15) is 22.8 Å². The summed E-state index contributed by atoms with van der Waals surface area (Å²) in [7, 11) is 0. The van der Waals surface area contributed by atoms with Crippen LogP contribution < -0.4 is 0 Å². The Labute approximate surface area is 86.1 Å². The molecule has 0 saturated heterocycles. The van der Waals surface area contributed by atoms with Crippen LogP contribution in [-0.2, 0) is 11.2 Å². The van der Waals surface area contributed by atoms with Gasteiger partial charge in [0.15, 0.2) is 5.60 Å². The van der Waals surface area contributed by atoms with E-state index in [1.165, 1.54) is 19.1 Å². The van der Waals surface area contributed by atoms with Crippen LogP contribution in [0.5, 0.6) is 0 Å². The third kappa shape index (κ3) is 1.57. The lowest BCUT2D eigenvalue weighted by Gasteiger charge is -2.28. The van der Waals surface area contributed by atoms with Crippen LogP contribution in [0.4, 0.5) is 4.39 Å². The zero-order chi connectivity index (χ0) is 11.1. The molecule has 0 radical (unpaired) electrons. The van der Waals surface area contributed by atoms with Crippen molar-refractivity contribution in [3.63, 3.8) is 0 Å². The van der Waals surface area contributed by atoms with E-state index in [4.69, 9.17) is 10.00 Å². The summed E-state index contributed by atoms with van der Waals surface area (Å²) in [6.45, 7) is 1.54. The average molecular weight is 205 g/mol. The molecule has 0 spiro atoms. The Balaban J connectivity index is 2.51. The second-order valence-electron chi connectivity index (χ2n) is 3.71. The third-order valence-electron chi connectivity index (χ3n) is 2.37. The SMILES string of the molecule is CC1(C#N)Cc2ccc(F)cc2C(=O)O1. The number of carbonyl (C=O) groups is 1. The molecule has 15 heavy (non-hydrogen) atoms. The Morgan fingerprint density at radius 2 is 2.33 bits per heavy atom. The molecule has 0 fully saturated rings. The van der Waals surface area contributed by atoms with Crippen molar-refractivity contribution in [3.8, 4) is 6.07 Å². The van der Waals surface area contributed by atoms with Gasteiger partial charge in [0.05, 0.1) is 5.56 Å². The van der Waals surface area contributed by atoms with Crippen LogP contribution in [0, 0.1) is 17.1 Å². The first-order valence-corrected chi connectivity index (χ1v) is 4.47. The zero-order valence-corrected chi connectivity index (χ0v) is 8.08. The molecule has 0 saturated carbocycles. The largest absolute Gasteiger partial charge is 0.440 e. The monoisotopic (exact) mass is 205 g/mol. The fraction of sp³-hybridized carbons (Fsp3) is 0.273. The van der Waals surface area contributed by atoms with Crippen molar-refractivity contribution in [2.24, 2.45) is 0 Å². The highest BCUT2D eigenvalue weighted by Crippen LogP contribution is 2.27. The number of ether oxygens (including phenoxy) is 1. The van der Waals surface area contributed by atoms with Gasteiger partial charge in [-0.05, 0) is 24.6 Å². The summed E-state index contributed by atoms with van der Waals surface area (Å²) in [4.78, 5) is 11.5. The van der Waals surface area contributed by atoms with Gasteiger partial charge in [0.25, 0.3) is 0 Å². The van der Waals surface area contributed by atoms with Crippen molar-refractivity contribution in [3.05, 3.63) is 35.1 Å². The highest BCUT2D eigenvalue weighted by Gasteiger charge is 2.36. The van der Waals surface area contributed by atoms with E-state index in [-0.39, 0.29) is 5.56 Å². The fourth-order valence-electron chi connectivity index (χ4n) is 1.61. The Hall–Kier alpha value is -1.89. The Kier molecular flexibility index (Phi) is 1.97. The van der Waals surface area contributed by atoms with Gasteiger partial charge >= 0.3 is 5.97 Å². The normalized spacial score (nSPS) is 23.9. The molecule has 3 nitrogen and oxygen atoms in total. The van der Waals surface area contributed by atoms with Crippen molar-refractivity contribution < 1.29 is 13.9 Å². The molecule has 1 aliphatic heterocycles. The molecule has 0 bridgehead atoms. The molecule has 0 aromatic heterocycles. The van der Waals surface area contributed by atoms with Gasteiger partial charge in [0, 0.05) is 6.42 Å². The Morgan fingerprint density at radius 1 is 1.60 bits per heavy atom. The first kappa shape index (κ1) is 9.66. The maximum absolute atomic E-state index is 12.9. The van der Waals surface area contributed by atoms with Gasteiger partial charge < -0.3 is 4.74 Å². The summed E-state index contributed by atoms with van der Waals surface area (Å²) in [5.74, 6) is -1.12. The Bertz CT molecular complexity index is 478. The van der Waals surface area contributed by atoms with Crippen molar-refractivity contribution in [2.45, 2.75) is 18.9 Å². The van der Waals surface area contributed by atoms with Gasteiger partial charge in [0.1, 0.15) is 11.9 Å². The van der Waals surface area contributed by atoms with Gasteiger partial charge in [-0.1, -0.05) is 6.07 Å². The van der Waals surface area contributed by atoms with Crippen molar-refractivity contribution in [1.82, 2.24) is 0 Å². The lowest BCUT2D eigenvalue weighted by atomic mass is 9.91. The highest BCUT2D eigenvalue weighted by molar-refractivity contribution is 5.92. The lowest BCUT2D eigenvalue weighted by molar-refractivity contribution is 0.00842. The molecule has 0 aliphatic carbocycles. The predicted molar refractivity (Wildman–Crippen MR) is 49.5 cm³/mol. The van der Waals surface area contributed by atoms with E-state index >= 15 is 0 Å². The van der Waals surface area contributed by atoms with E-state index in [1.54, 1.807) is 0 Å². The molecule has 0 amide bonds. The molecule has 1 heterocycles. The number of nitrogens with zero attached hydrogens (tertiary/aromatic N) is 1. The molecule has 76 valence electrons. The number of hydrogen-bond donors (Lipinski definition) is 0. The van der Waals surface area contributed by atoms with E-state index in [0.29, 0.717) is 12.0 Å². The van der Waals surface area contributed by atoms with Crippen molar-refractivity contribution >= 4 is 5.97 Å². The number of nitriles is 1. The summed E-state index contributed by atoms with van der Waals surface area (Å²) in [6, 6.07) is 5.85. The van der Waals surface area contributed by atoms with Crippen LogP contribution >= 0.6 is 0 Å². The highest BCUT2D eigenvalue weighted by atomic mass is 19.1. The van der Waals surface area contributed by atoms with Gasteiger partial charge in [-0.2, -0.15) is 5.26 Å². The molecule has 1 atom stereocenters. The molecule has 1 aromatic rings. The zero-order valence-electron chi connectivity index (χ0n) is 8.08. The molecule has 1 unspecified atom stereocenters. The number of halogens is 1. The van der Waals surface area contributed by atoms with E-state index in [0.717, 1.165) is 6.07 Å². The maximum atomic E-state index is 12.9. The first-order chi connectivity index (χ1) is 7.04. The topological polar surface area (TPSA) is 50.1 Å². The predicted octanol–water partition coefficient (Wildman–Crippen LogP) is 1.82.